The number of rotatable bonds is 5. The van der Waals surface area contributed by atoms with Gasteiger partial charge in [0.25, 0.3) is 0 Å². The fourth-order valence-electron chi connectivity index (χ4n) is 0.324. The van der Waals surface area contributed by atoms with Crippen LogP contribution in [0, 0.1) is 0 Å². The molecule has 0 saturated heterocycles. The highest BCUT2D eigenvalue weighted by Crippen LogP contribution is 1.95. The molecule has 0 rings (SSSR count). The minimum atomic E-state index is -2.45. The van der Waals surface area contributed by atoms with Gasteiger partial charge >= 0.3 is 19.3 Å². The van der Waals surface area contributed by atoms with Gasteiger partial charge in [-0.3, -0.25) is 0 Å². The van der Waals surface area contributed by atoms with E-state index in [2.05, 4.69) is 14.4 Å². The zero-order chi connectivity index (χ0) is 10.3. The van der Waals surface area contributed by atoms with Crippen molar-refractivity contribution in [2.24, 2.45) is 0 Å². The molecule has 0 aromatic heterocycles. The molecule has 0 aliphatic heterocycles. The van der Waals surface area contributed by atoms with Crippen molar-refractivity contribution in [3.63, 3.8) is 0 Å². The average molecular weight is 196 g/mol. The van der Waals surface area contributed by atoms with E-state index in [1.165, 1.54) is 0 Å². The van der Waals surface area contributed by atoms with Gasteiger partial charge in [-0.25, -0.2) is 9.59 Å². The topological polar surface area (TPSA) is 82.1 Å². The first kappa shape index (κ1) is 11.5. The van der Waals surface area contributed by atoms with Crippen molar-refractivity contribution in [1.82, 2.24) is 0 Å². The van der Waals surface area contributed by atoms with Gasteiger partial charge in [-0.1, -0.05) is 9.05 Å². The molecule has 6 nitrogen and oxygen atoms in total. The Labute approximate surface area is 70.7 Å². The van der Waals surface area contributed by atoms with Gasteiger partial charge in [-0.2, -0.15) is 9.72 Å². The number of carboxylic acid groups (broad SMARTS) is 1. The number of aliphatic carboxylic acids is 1. The van der Waals surface area contributed by atoms with Gasteiger partial charge in [0.1, 0.15) is 0 Å². The van der Waals surface area contributed by atoms with Crippen molar-refractivity contribution in [2.45, 2.75) is 0 Å². The Kier molecular flexibility index (Phi) is 5.40. The smallest absolute Gasteiger partial charge is 0.479 e. The second kappa shape index (κ2) is 6.09. The lowest BCUT2D eigenvalue weighted by atomic mass is 10.2. The van der Waals surface area contributed by atoms with Crippen molar-refractivity contribution < 1.29 is 38.1 Å². The van der Waals surface area contributed by atoms with E-state index in [0.717, 1.165) is 0 Å². The minimum Gasteiger partial charge on any atom is -0.479 e. The fraction of sp³-hybridized carbons (Fsp3) is 0. The lowest BCUT2D eigenvalue weighted by molar-refractivity contribution is -0.158. The largest absolute Gasteiger partial charge is 0.780 e. The Morgan fingerprint density at radius 1 is 1.23 bits per heavy atom. The van der Waals surface area contributed by atoms with Gasteiger partial charge in [-0.15, -0.1) is 0 Å². The summed E-state index contributed by atoms with van der Waals surface area (Å²) in [6.07, 6.45) is 0.837. The number of halogens is 2. The molecule has 13 heavy (non-hydrogen) atoms. The van der Waals surface area contributed by atoms with Crippen LogP contribution >= 0.6 is 0 Å². The van der Waals surface area contributed by atoms with Crippen LogP contribution in [0.15, 0.2) is 12.2 Å². The molecule has 0 radical (unpaired) electrons. The molecule has 0 fully saturated rings. The van der Waals surface area contributed by atoms with Crippen LogP contribution in [0.5, 0.6) is 0 Å². The van der Waals surface area contributed by atoms with Crippen molar-refractivity contribution in [1.29, 1.82) is 0 Å². The maximum atomic E-state index is 11.1. The number of carboxylic acids is 1. The van der Waals surface area contributed by atoms with E-state index in [-0.39, 0.29) is 0 Å². The van der Waals surface area contributed by atoms with Crippen LogP contribution in [-0.4, -0.2) is 24.4 Å². The Hall–Kier alpha value is -1.48. The third-order valence-corrected chi connectivity index (χ3v) is 0.720. The van der Waals surface area contributed by atoms with Crippen LogP contribution in [0.1, 0.15) is 0 Å². The van der Waals surface area contributed by atoms with Gasteiger partial charge in [0.05, 0.1) is 0 Å². The third kappa shape index (κ3) is 5.76. The lowest BCUT2D eigenvalue weighted by Crippen LogP contribution is -2.23. The Bertz CT molecular complexity index is 215. The van der Waals surface area contributed by atoms with Crippen LogP contribution < -0.4 is 0 Å². The highest BCUT2D eigenvalue weighted by molar-refractivity contribution is 6.38. The monoisotopic (exact) mass is 196 g/mol. The zero-order valence-electron chi connectivity index (χ0n) is 5.98. The van der Waals surface area contributed by atoms with E-state index in [1.807, 2.05) is 0 Å². The molecule has 0 heterocycles. The van der Waals surface area contributed by atoms with Crippen LogP contribution in [0.2, 0.25) is 0 Å². The van der Waals surface area contributed by atoms with Crippen molar-refractivity contribution in [3.05, 3.63) is 12.2 Å². The first-order valence-electron chi connectivity index (χ1n) is 2.76. The van der Waals surface area contributed by atoms with E-state index < -0.39 is 19.3 Å². The quantitative estimate of drug-likeness (QED) is 0.490. The van der Waals surface area contributed by atoms with Crippen molar-refractivity contribution >= 4 is 19.3 Å². The number of carbonyl (C=O) groups excluding carboxylic acids is 1. The van der Waals surface area contributed by atoms with E-state index in [4.69, 9.17) is 5.11 Å². The van der Waals surface area contributed by atoms with Gasteiger partial charge in [0.2, 0.25) is 0 Å². The first-order chi connectivity index (χ1) is 6.10. The van der Waals surface area contributed by atoms with Crippen LogP contribution in [0.25, 0.3) is 0 Å². The number of carbonyl (C=O) groups is 2. The van der Waals surface area contributed by atoms with Crippen LogP contribution in [0.4, 0.5) is 9.05 Å². The summed E-state index contributed by atoms with van der Waals surface area (Å²) in [5, 5.41) is 8.01. The molecular formula is C4H3BF2O6. The molecule has 9 heteroatoms. The summed E-state index contributed by atoms with van der Waals surface area (Å²) in [7, 11) is -2.45. The Balaban J connectivity index is 3.92. The molecule has 1 N–H and O–H groups in total. The van der Waals surface area contributed by atoms with E-state index in [1.54, 1.807) is 0 Å². The summed E-state index contributed by atoms with van der Waals surface area (Å²) < 4.78 is 26.0. The predicted molar refractivity (Wildman–Crippen MR) is 33.0 cm³/mol. The van der Waals surface area contributed by atoms with Gasteiger partial charge < -0.3 is 9.76 Å². The molecule has 0 bridgehead atoms. The average Bonchev–Trinajstić information content (AvgIpc) is 2.10. The highest BCUT2D eigenvalue weighted by atomic mass is 19.3. The Morgan fingerprint density at radius 3 is 2.15 bits per heavy atom. The Morgan fingerprint density at radius 2 is 1.77 bits per heavy atom. The van der Waals surface area contributed by atoms with Crippen LogP contribution in [-0.2, 0) is 24.0 Å². The molecule has 0 aromatic carbocycles. The minimum absolute atomic E-state index is 0.413. The molecule has 0 atom stereocenters. The lowest BCUT2D eigenvalue weighted by Gasteiger charge is -1.99. The summed E-state index contributed by atoms with van der Waals surface area (Å²) in [4.78, 5) is 25.5. The normalized spacial score (nSPS) is 10.0. The molecule has 72 valence electrons. The predicted octanol–water partition coefficient (Wildman–Crippen LogP) is -0.0425. The highest BCUT2D eigenvalue weighted by Gasteiger charge is 2.28. The maximum absolute atomic E-state index is 11.1. The van der Waals surface area contributed by atoms with E-state index in [9.17, 15) is 18.6 Å². The second-order valence-electron chi connectivity index (χ2n) is 1.58. The molecule has 0 spiro atoms. The summed E-state index contributed by atoms with van der Waals surface area (Å²) in [6.45, 7) is 0. The van der Waals surface area contributed by atoms with Gasteiger partial charge in [0.15, 0.2) is 0 Å². The van der Waals surface area contributed by atoms with Gasteiger partial charge in [-0.05, 0) is 0 Å². The molecule has 0 unspecified atom stereocenters. The van der Waals surface area contributed by atoms with Crippen LogP contribution in [0.3, 0.4) is 0 Å². The van der Waals surface area contributed by atoms with Crippen molar-refractivity contribution in [3.8, 4) is 0 Å². The summed E-state index contributed by atoms with van der Waals surface area (Å²) >= 11 is 0. The summed E-state index contributed by atoms with van der Waals surface area (Å²) in [5.74, 6) is -2.75. The first-order valence-corrected chi connectivity index (χ1v) is 2.76. The van der Waals surface area contributed by atoms with Gasteiger partial charge in [0, 0.05) is 12.2 Å². The van der Waals surface area contributed by atoms with E-state index >= 15 is 0 Å². The third-order valence-electron chi connectivity index (χ3n) is 0.720. The molecule has 0 aliphatic carbocycles. The zero-order valence-corrected chi connectivity index (χ0v) is 5.98. The summed E-state index contributed by atoms with van der Waals surface area (Å²) in [5.41, 5.74) is 0. The van der Waals surface area contributed by atoms with Crippen molar-refractivity contribution in [2.75, 3.05) is 0 Å². The molecular weight excluding hydrogens is 193 g/mol. The number of hydrogen-bond acceptors (Lipinski definition) is 5. The molecule has 0 aliphatic rings. The molecule has 0 saturated carbocycles. The SMILES string of the molecule is O=C(O)/C=C\C(=O)OB(OF)OF. The molecule has 0 aromatic rings. The number of hydrogen-bond donors (Lipinski definition) is 1. The molecule has 0 amide bonds. The second-order valence-corrected chi connectivity index (χ2v) is 1.58. The van der Waals surface area contributed by atoms with E-state index in [0.29, 0.717) is 12.2 Å². The summed E-state index contributed by atoms with van der Waals surface area (Å²) in [6, 6.07) is 0. The fourth-order valence-corrected chi connectivity index (χ4v) is 0.324. The maximum Gasteiger partial charge on any atom is 0.780 e. The standard InChI is InChI=1S/C4H3BF2O6/c6-12-5(13-7)11-4(10)2-1-3(8)9/h1-2H,(H,8,9)/b2-1-.